The average Bonchev–Trinajstić information content (AvgIpc) is 3.12. The van der Waals surface area contributed by atoms with E-state index in [0.717, 1.165) is 30.6 Å². The van der Waals surface area contributed by atoms with Gasteiger partial charge < -0.3 is 11.1 Å². The van der Waals surface area contributed by atoms with Gasteiger partial charge >= 0.3 is 0 Å². The lowest BCUT2D eigenvalue weighted by Gasteiger charge is -2.29. The molecular weight excluding hydrogens is 236 g/mol. The standard InChI is InChI=1S/C15H28N4/c1-18-11-3-5-13(18)12(8-11)17-6-7-19-9-10-2-4-14(19)15(10)16/h10-15,17H,2-9,16H2,1H3/t10-,11-,12+,13+,14-,15-/m0/s1. The number of likely N-dealkylation sites (tertiary alicyclic amines) is 1. The Morgan fingerprint density at radius 1 is 1.16 bits per heavy atom. The van der Waals surface area contributed by atoms with E-state index in [1.807, 2.05) is 0 Å². The lowest BCUT2D eigenvalue weighted by molar-refractivity contribution is 0.206. The van der Waals surface area contributed by atoms with E-state index in [0.29, 0.717) is 12.1 Å². The van der Waals surface area contributed by atoms with Crippen molar-refractivity contribution in [1.82, 2.24) is 15.1 Å². The van der Waals surface area contributed by atoms with Crippen molar-refractivity contribution >= 4 is 0 Å². The first-order valence-electron chi connectivity index (χ1n) is 8.19. The second-order valence-corrected chi connectivity index (χ2v) is 7.24. The molecule has 0 aromatic heterocycles. The molecule has 0 unspecified atom stereocenters. The van der Waals surface area contributed by atoms with Crippen LogP contribution in [0.4, 0.5) is 0 Å². The summed E-state index contributed by atoms with van der Waals surface area (Å²) in [4.78, 5) is 5.24. The summed E-state index contributed by atoms with van der Waals surface area (Å²) in [6.45, 7) is 3.61. The molecule has 0 amide bonds. The monoisotopic (exact) mass is 264 g/mol. The van der Waals surface area contributed by atoms with Gasteiger partial charge in [0.05, 0.1) is 0 Å². The van der Waals surface area contributed by atoms with Crippen molar-refractivity contribution in [3.8, 4) is 0 Å². The highest BCUT2D eigenvalue weighted by atomic mass is 15.3. The maximum Gasteiger partial charge on any atom is 0.0251 e. The third-order valence-corrected chi connectivity index (χ3v) is 6.45. The van der Waals surface area contributed by atoms with E-state index < -0.39 is 0 Å². The largest absolute Gasteiger partial charge is 0.326 e. The van der Waals surface area contributed by atoms with Gasteiger partial charge in [0.2, 0.25) is 0 Å². The Morgan fingerprint density at radius 2 is 2.00 bits per heavy atom. The molecule has 4 rings (SSSR count). The van der Waals surface area contributed by atoms with Crippen LogP contribution in [-0.2, 0) is 0 Å². The van der Waals surface area contributed by atoms with Crippen molar-refractivity contribution in [2.45, 2.75) is 62.3 Å². The lowest BCUT2D eigenvalue weighted by Crippen LogP contribution is -2.45. The molecular formula is C15H28N4. The molecule has 19 heavy (non-hydrogen) atoms. The van der Waals surface area contributed by atoms with E-state index >= 15 is 0 Å². The molecule has 1 aliphatic carbocycles. The predicted octanol–water partition coefficient (Wildman–Crippen LogP) is 0.233. The van der Waals surface area contributed by atoms with Crippen molar-refractivity contribution in [2.75, 3.05) is 26.7 Å². The Hall–Kier alpha value is -0.160. The van der Waals surface area contributed by atoms with E-state index in [1.54, 1.807) is 0 Å². The first-order valence-corrected chi connectivity index (χ1v) is 8.19. The Labute approximate surface area is 116 Å². The topological polar surface area (TPSA) is 44.5 Å². The summed E-state index contributed by atoms with van der Waals surface area (Å²) in [5, 5.41) is 3.82. The van der Waals surface area contributed by atoms with Crippen LogP contribution in [0.2, 0.25) is 0 Å². The number of rotatable bonds is 4. The number of hydrogen-bond donors (Lipinski definition) is 2. The van der Waals surface area contributed by atoms with Crippen molar-refractivity contribution in [1.29, 1.82) is 0 Å². The summed E-state index contributed by atoms with van der Waals surface area (Å²) in [6.07, 6.45) is 6.89. The van der Waals surface area contributed by atoms with E-state index in [1.165, 1.54) is 45.2 Å². The molecule has 6 atom stereocenters. The van der Waals surface area contributed by atoms with E-state index in [4.69, 9.17) is 5.73 Å². The summed E-state index contributed by atoms with van der Waals surface area (Å²) in [5.41, 5.74) is 6.27. The molecule has 3 saturated heterocycles. The second-order valence-electron chi connectivity index (χ2n) is 7.24. The molecule has 3 heterocycles. The number of likely N-dealkylation sites (N-methyl/N-ethyl adjacent to an activating group) is 1. The van der Waals surface area contributed by atoms with Gasteiger partial charge in [-0.15, -0.1) is 0 Å². The number of fused-ring (bicyclic) bond motifs is 4. The minimum Gasteiger partial charge on any atom is -0.326 e. The van der Waals surface area contributed by atoms with Crippen LogP contribution < -0.4 is 11.1 Å². The molecule has 4 bridgehead atoms. The average molecular weight is 264 g/mol. The second kappa shape index (κ2) is 4.69. The van der Waals surface area contributed by atoms with Crippen LogP contribution in [0, 0.1) is 5.92 Å². The molecule has 4 fully saturated rings. The molecule has 4 aliphatic rings. The fourth-order valence-electron chi connectivity index (χ4n) is 5.29. The van der Waals surface area contributed by atoms with Crippen LogP contribution in [0.1, 0.15) is 32.1 Å². The highest BCUT2D eigenvalue weighted by Crippen LogP contribution is 2.37. The summed E-state index contributed by atoms with van der Waals surface area (Å²) in [6, 6.07) is 3.57. The lowest BCUT2D eigenvalue weighted by atomic mass is 9.95. The van der Waals surface area contributed by atoms with Crippen LogP contribution in [0.3, 0.4) is 0 Å². The summed E-state index contributed by atoms with van der Waals surface area (Å²) in [5.74, 6) is 0.790. The Morgan fingerprint density at radius 3 is 2.58 bits per heavy atom. The van der Waals surface area contributed by atoms with Gasteiger partial charge in [0, 0.05) is 49.8 Å². The normalized spacial score (nSPS) is 49.6. The first-order chi connectivity index (χ1) is 9.24. The van der Waals surface area contributed by atoms with Gasteiger partial charge in [0.1, 0.15) is 0 Å². The zero-order chi connectivity index (χ0) is 13.0. The van der Waals surface area contributed by atoms with Crippen molar-refractivity contribution in [3.63, 3.8) is 0 Å². The number of hydrogen-bond acceptors (Lipinski definition) is 4. The Kier molecular flexibility index (Phi) is 3.10. The van der Waals surface area contributed by atoms with Crippen LogP contribution >= 0.6 is 0 Å². The van der Waals surface area contributed by atoms with Gasteiger partial charge in [0.15, 0.2) is 0 Å². The molecule has 3 aliphatic heterocycles. The smallest absolute Gasteiger partial charge is 0.0251 e. The van der Waals surface area contributed by atoms with Crippen LogP contribution in [0.5, 0.6) is 0 Å². The molecule has 108 valence electrons. The van der Waals surface area contributed by atoms with Gasteiger partial charge in [-0.3, -0.25) is 9.80 Å². The highest BCUT2D eigenvalue weighted by molar-refractivity contribution is 5.04. The molecule has 4 nitrogen and oxygen atoms in total. The van der Waals surface area contributed by atoms with Crippen LogP contribution in [0.15, 0.2) is 0 Å². The molecule has 0 radical (unpaired) electrons. The van der Waals surface area contributed by atoms with E-state index in [-0.39, 0.29) is 0 Å². The van der Waals surface area contributed by atoms with Gasteiger partial charge in [-0.25, -0.2) is 0 Å². The third kappa shape index (κ3) is 1.96. The Balaban J connectivity index is 1.24. The number of nitrogens with one attached hydrogen (secondary N) is 1. The van der Waals surface area contributed by atoms with Crippen LogP contribution in [-0.4, -0.2) is 66.7 Å². The maximum atomic E-state index is 6.27. The van der Waals surface area contributed by atoms with Gasteiger partial charge in [-0.1, -0.05) is 0 Å². The van der Waals surface area contributed by atoms with Gasteiger partial charge in [-0.2, -0.15) is 0 Å². The zero-order valence-electron chi connectivity index (χ0n) is 12.1. The number of piperidine rings is 1. The van der Waals surface area contributed by atoms with E-state index in [9.17, 15) is 0 Å². The minimum atomic E-state index is 0.466. The van der Waals surface area contributed by atoms with Crippen LogP contribution in [0.25, 0.3) is 0 Å². The fourth-order valence-corrected chi connectivity index (χ4v) is 5.29. The summed E-state index contributed by atoms with van der Waals surface area (Å²) < 4.78 is 0. The zero-order valence-corrected chi connectivity index (χ0v) is 12.1. The molecule has 3 N–H and O–H groups in total. The quantitative estimate of drug-likeness (QED) is 0.763. The third-order valence-electron chi connectivity index (χ3n) is 6.45. The Bertz CT molecular complexity index is 315. The molecule has 0 aromatic rings. The van der Waals surface area contributed by atoms with Crippen molar-refractivity contribution in [2.24, 2.45) is 11.7 Å². The first kappa shape index (κ1) is 12.6. The van der Waals surface area contributed by atoms with Gasteiger partial charge in [0.25, 0.3) is 0 Å². The van der Waals surface area contributed by atoms with Crippen molar-refractivity contribution in [3.05, 3.63) is 0 Å². The summed E-state index contributed by atoms with van der Waals surface area (Å²) in [7, 11) is 2.31. The van der Waals surface area contributed by atoms with Crippen molar-refractivity contribution < 1.29 is 0 Å². The van der Waals surface area contributed by atoms with E-state index in [2.05, 4.69) is 22.2 Å². The fraction of sp³-hybridized carbons (Fsp3) is 1.00. The van der Waals surface area contributed by atoms with Gasteiger partial charge in [-0.05, 0) is 45.1 Å². The molecule has 1 saturated carbocycles. The predicted molar refractivity (Wildman–Crippen MR) is 77.0 cm³/mol. The molecule has 4 heteroatoms. The molecule has 0 aromatic carbocycles. The number of nitrogens with zero attached hydrogens (tertiary/aromatic N) is 2. The maximum absolute atomic E-state index is 6.27. The molecule has 0 spiro atoms. The SMILES string of the molecule is CN1[C@H]2CC[C@@H]1[C@H](NCCN1C[C@@H]3CC[C@H]1[C@H]3N)C2. The minimum absolute atomic E-state index is 0.466. The summed E-state index contributed by atoms with van der Waals surface area (Å²) >= 11 is 0. The highest BCUT2D eigenvalue weighted by Gasteiger charge is 2.45. The number of nitrogens with two attached hydrogens (primary N) is 1.